The molecule has 0 spiro atoms. The van der Waals surface area contributed by atoms with Crippen LogP contribution in [0.3, 0.4) is 0 Å². The van der Waals surface area contributed by atoms with E-state index in [9.17, 15) is 0 Å². The Morgan fingerprint density at radius 1 is 0.792 bits per heavy atom. The van der Waals surface area contributed by atoms with Crippen molar-refractivity contribution >= 4 is 21.8 Å². The molecule has 0 rings (SSSR count). The predicted molar refractivity (Wildman–Crippen MR) is 93.6 cm³/mol. The van der Waals surface area contributed by atoms with Crippen molar-refractivity contribution in [3.05, 3.63) is 0 Å². The Hall–Kier alpha value is 1.58. The van der Waals surface area contributed by atoms with Crippen LogP contribution in [0.5, 0.6) is 0 Å². The molecule has 0 aliphatic heterocycles. The van der Waals surface area contributed by atoms with Gasteiger partial charge in [-0.2, -0.15) is 8.42 Å². The molecule has 1 unspecified atom stereocenters. The van der Waals surface area contributed by atoms with Gasteiger partial charge in [0, 0.05) is 0 Å². The molecular formula is C14H34KO7S2-. The average molecular weight is 418 g/mol. The smallest absolute Gasteiger partial charge is 1.00 e. The number of hydrogen-bond acceptors (Lipinski definition) is 4. The van der Waals surface area contributed by atoms with Crippen molar-refractivity contribution in [2.75, 3.05) is 0 Å². The second kappa shape index (κ2) is 26.8. The molecule has 24 heavy (non-hydrogen) atoms. The first-order valence-corrected chi connectivity index (χ1v) is 10.6. The number of hydrogen-bond donors (Lipinski definition) is 3. The molecule has 0 amide bonds. The molecule has 0 heterocycles. The molecule has 146 valence electrons. The Morgan fingerprint density at radius 2 is 0.917 bits per heavy atom. The first kappa shape index (κ1) is 33.2. The van der Waals surface area contributed by atoms with E-state index >= 15 is 0 Å². The summed E-state index contributed by atoms with van der Waals surface area (Å²) in [5.74, 6) is 0. The van der Waals surface area contributed by atoms with Crippen LogP contribution in [0.4, 0.5) is 0 Å². The summed E-state index contributed by atoms with van der Waals surface area (Å²) in [4.78, 5) is 0. The maximum Gasteiger partial charge on any atom is 1.00 e. The SMILES string of the molecule is CCCCCCCCCCCCCC.O=S(=O)(O)O.O=S([O-])O.[H-].[K+]. The molecule has 0 aromatic carbocycles. The van der Waals surface area contributed by atoms with Crippen LogP contribution < -0.4 is 51.4 Å². The summed E-state index contributed by atoms with van der Waals surface area (Å²) in [6.07, 6.45) is 17.4. The van der Waals surface area contributed by atoms with Gasteiger partial charge in [0.2, 0.25) is 0 Å². The van der Waals surface area contributed by atoms with Gasteiger partial charge < -0.3 is 10.5 Å². The van der Waals surface area contributed by atoms with Gasteiger partial charge in [-0.05, 0) is 0 Å². The fraction of sp³-hybridized carbons (Fsp3) is 1.00. The second-order valence-corrected chi connectivity index (χ2v) is 6.53. The van der Waals surface area contributed by atoms with E-state index in [-0.39, 0.29) is 52.8 Å². The average Bonchev–Trinajstić information content (AvgIpc) is 2.38. The zero-order chi connectivity index (χ0) is 18.6. The van der Waals surface area contributed by atoms with Gasteiger partial charge in [0.25, 0.3) is 0 Å². The Kier molecular flexibility index (Phi) is 37.1. The number of unbranched alkanes of at least 4 members (excludes halogenated alkanes) is 11. The van der Waals surface area contributed by atoms with E-state index in [1.54, 1.807) is 0 Å². The Morgan fingerprint density at radius 3 is 1.04 bits per heavy atom. The van der Waals surface area contributed by atoms with Crippen LogP contribution in [0.2, 0.25) is 0 Å². The van der Waals surface area contributed by atoms with Crippen molar-refractivity contribution in [3.63, 3.8) is 0 Å². The molecule has 10 heteroatoms. The number of rotatable bonds is 11. The van der Waals surface area contributed by atoms with Gasteiger partial charge in [-0.25, -0.2) is 4.21 Å². The first-order chi connectivity index (χ1) is 10.6. The normalized spacial score (nSPS) is 11.2. The Balaban J connectivity index is -0.000000102. The van der Waals surface area contributed by atoms with E-state index in [4.69, 9.17) is 30.8 Å². The topological polar surface area (TPSA) is 135 Å². The van der Waals surface area contributed by atoms with Crippen LogP contribution in [0.25, 0.3) is 0 Å². The molecule has 7 nitrogen and oxygen atoms in total. The van der Waals surface area contributed by atoms with Crippen LogP contribution >= 0.6 is 0 Å². The summed E-state index contributed by atoms with van der Waals surface area (Å²) >= 11 is -2.86. The van der Waals surface area contributed by atoms with Gasteiger partial charge in [0.15, 0.2) is 0 Å². The van der Waals surface area contributed by atoms with Crippen molar-refractivity contribution in [2.24, 2.45) is 0 Å². The quantitative estimate of drug-likeness (QED) is 0.201. The standard InChI is InChI=1S/C14H30.K.H2O4S.H2O3S.H/c1-3-5-7-9-11-13-14-12-10-8-6-4-2;;1-5(2,3)4;1-4(2)3;/h3-14H2,1-2H3;;(H2,1,2,3,4);(H2,1,2,3);/q;+1;;;-1/p-1. The van der Waals surface area contributed by atoms with E-state index in [1.807, 2.05) is 0 Å². The van der Waals surface area contributed by atoms with Crippen LogP contribution in [-0.2, 0) is 21.8 Å². The van der Waals surface area contributed by atoms with Gasteiger partial charge in [-0.3, -0.25) is 9.11 Å². The van der Waals surface area contributed by atoms with E-state index in [2.05, 4.69) is 13.8 Å². The summed E-state index contributed by atoms with van der Waals surface area (Å²) in [7, 11) is -4.67. The molecule has 0 aromatic heterocycles. The molecule has 0 aliphatic carbocycles. The first-order valence-electron chi connectivity index (χ1n) is 8.13. The molecule has 0 fully saturated rings. The minimum absolute atomic E-state index is 0. The second-order valence-electron chi connectivity index (χ2n) is 5.20. The molecule has 1 atom stereocenters. The Bertz CT molecular complexity index is 320. The maximum absolute atomic E-state index is 8.74. The van der Waals surface area contributed by atoms with Gasteiger partial charge in [0.1, 0.15) is 0 Å². The largest absolute Gasteiger partial charge is 1.00 e. The van der Waals surface area contributed by atoms with Gasteiger partial charge in [0.05, 0.1) is 11.4 Å². The van der Waals surface area contributed by atoms with Crippen molar-refractivity contribution in [2.45, 2.75) is 90.9 Å². The van der Waals surface area contributed by atoms with Crippen molar-refractivity contribution in [1.82, 2.24) is 0 Å². The third-order valence-corrected chi connectivity index (χ3v) is 2.96. The summed E-state index contributed by atoms with van der Waals surface area (Å²) in [5, 5.41) is 0. The van der Waals surface area contributed by atoms with Crippen LogP contribution in [0, 0.1) is 0 Å². The van der Waals surface area contributed by atoms with Crippen LogP contribution in [0.15, 0.2) is 0 Å². The van der Waals surface area contributed by atoms with Crippen molar-refractivity contribution in [1.29, 1.82) is 0 Å². The summed E-state index contributed by atoms with van der Waals surface area (Å²) in [6, 6.07) is 0. The molecule has 0 bridgehead atoms. The van der Waals surface area contributed by atoms with Crippen LogP contribution in [0.1, 0.15) is 92.3 Å². The third kappa shape index (κ3) is 76.0. The molecule has 0 aromatic rings. The van der Waals surface area contributed by atoms with Gasteiger partial charge in [-0.15, -0.1) is 0 Å². The van der Waals surface area contributed by atoms with Crippen LogP contribution in [-0.4, -0.2) is 30.8 Å². The van der Waals surface area contributed by atoms with E-state index < -0.39 is 21.8 Å². The Labute approximate surface area is 194 Å². The summed E-state index contributed by atoms with van der Waals surface area (Å²) in [6.45, 7) is 4.57. The third-order valence-electron chi connectivity index (χ3n) is 2.96. The maximum atomic E-state index is 8.74. The molecule has 3 N–H and O–H groups in total. The molecule has 0 saturated heterocycles. The molecule has 0 aliphatic rings. The minimum atomic E-state index is -4.67. The molecule has 0 radical (unpaired) electrons. The predicted octanol–water partition coefficient (Wildman–Crippen LogP) is 1.51. The van der Waals surface area contributed by atoms with Crippen molar-refractivity contribution < 1.29 is 83.6 Å². The summed E-state index contributed by atoms with van der Waals surface area (Å²) in [5.41, 5.74) is 0. The zero-order valence-corrected chi connectivity index (χ0v) is 20.0. The molecular weight excluding hydrogens is 383 g/mol. The monoisotopic (exact) mass is 417 g/mol. The minimum Gasteiger partial charge on any atom is -1.00 e. The van der Waals surface area contributed by atoms with Gasteiger partial charge in [-0.1, -0.05) is 90.9 Å². The zero-order valence-electron chi connectivity index (χ0n) is 16.3. The molecule has 0 saturated carbocycles. The summed E-state index contributed by atoms with van der Waals surface area (Å²) < 4.78 is 55.7. The van der Waals surface area contributed by atoms with E-state index in [1.165, 1.54) is 77.0 Å². The fourth-order valence-corrected chi connectivity index (χ4v) is 1.91. The van der Waals surface area contributed by atoms with Gasteiger partial charge >= 0.3 is 61.8 Å². The van der Waals surface area contributed by atoms with E-state index in [0.717, 1.165) is 0 Å². The van der Waals surface area contributed by atoms with Crippen molar-refractivity contribution in [3.8, 4) is 0 Å². The van der Waals surface area contributed by atoms with E-state index in [0.29, 0.717) is 0 Å². The fourth-order valence-electron chi connectivity index (χ4n) is 1.91.